The summed E-state index contributed by atoms with van der Waals surface area (Å²) < 4.78 is 0. The molecule has 4 heteroatoms. The molecule has 0 aromatic heterocycles. The van der Waals surface area contributed by atoms with E-state index in [1.165, 1.54) is 5.56 Å². The van der Waals surface area contributed by atoms with E-state index in [0.717, 1.165) is 43.4 Å². The lowest BCUT2D eigenvalue weighted by atomic mass is 9.82. The van der Waals surface area contributed by atoms with Gasteiger partial charge in [0.1, 0.15) is 6.04 Å². The van der Waals surface area contributed by atoms with Crippen molar-refractivity contribution in [3.63, 3.8) is 0 Å². The molecule has 2 aromatic rings. The first-order valence-corrected chi connectivity index (χ1v) is 10.8. The average Bonchev–Trinajstić information content (AvgIpc) is 2.74. The summed E-state index contributed by atoms with van der Waals surface area (Å²) >= 11 is 0. The second-order valence-corrected chi connectivity index (χ2v) is 8.25. The number of benzene rings is 2. The SMILES string of the molecule is CCc1cccc(NC(=O)C(Cc2ccccc2)NC(=O)C2CCC(C)CC2)c1. The van der Waals surface area contributed by atoms with Gasteiger partial charge in [-0.2, -0.15) is 0 Å². The van der Waals surface area contributed by atoms with E-state index in [2.05, 4.69) is 24.5 Å². The number of carbonyl (C=O) groups is 2. The van der Waals surface area contributed by atoms with Crippen LogP contribution in [-0.2, 0) is 22.4 Å². The van der Waals surface area contributed by atoms with Crippen LogP contribution in [-0.4, -0.2) is 17.9 Å². The second kappa shape index (κ2) is 10.2. The molecule has 0 spiro atoms. The lowest BCUT2D eigenvalue weighted by Crippen LogP contribution is -2.47. The van der Waals surface area contributed by atoms with Gasteiger partial charge in [0.15, 0.2) is 0 Å². The zero-order valence-electron chi connectivity index (χ0n) is 17.5. The van der Waals surface area contributed by atoms with Crippen LogP contribution in [0, 0.1) is 11.8 Å². The van der Waals surface area contributed by atoms with Gasteiger partial charge >= 0.3 is 0 Å². The Labute approximate surface area is 174 Å². The Bertz CT molecular complexity index is 811. The van der Waals surface area contributed by atoms with Crippen molar-refractivity contribution in [1.29, 1.82) is 0 Å². The molecule has 1 atom stereocenters. The molecule has 0 bridgehead atoms. The van der Waals surface area contributed by atoms with Crippen molar-refractivity contribution in [3.05, 3.63) is 65.7 Å². The molecule has 2 amide bonds. The molecule has 0 aliphatic heterocycles. The minimum Gasteiger partial charge on any atom is -0.344 e. The maximum atomic E-state index is 13.1. The lowest BCUT2D eigenvalue weighted by Gasteiger charge is -2.27. The molecular formula is C25H32N2O2. The first kappa shape index (κ1) is 21.1. The van der Waals surface area contributed by atoms with Crippen molar-refractivity contribution in [2.75, 3.05) is 5.32 Å². The molecule has 0 radical (unpaired) electrons. The molecule has 1 saturated carbocycles. The Morgan fingerprint density at radius 2 is 1.66 bits per heavy atom. The first-order chi connectivity index (χ1) is 14.0. The maximum absolute atomic E-state index is 13.1. The molecule has 154 valence electrons. The van der Waals surface area contributed by atoms with Gasteiger partial charge < -0.3 is 10.6 Å². The van der Waals surface area contributed by atoms with Gasteiger partial charge in [0.05, 0.1) is 0 Å². The summed E-state index contributed by atoms with van der Waals surface area (Å²) in [7, 11) is 0. The third-order valence-corrected chi connectivity index (χ3v) is 5.91. The van der Waals surface area contributed by atoms with Gasteiger partial charge in [-0.3, -0.25) is 9.59 Å². The zero-order chi connectivity index (χ0) is 20.6. The number of carbonyl (C=O) groups excluding carboxylic acids is 2. The van der Waals surface area contributed by atoms with Crippen molar-refractivity contribution in [1.82, 2.24) is 5.32 Å². The highest BCUT2D eigenvalue weighted by atomic mass is 16.2. The van der Waals surface area contributed by atoms with E-state index in [9.17, 15) is 9.59 Å². The zero-order valence-corrected chi connectivity index (χ0v) is 17.5. The number of aryl methyl sites for hydroxylation is 1. The minimum atomic E-state index is -0.588. The maximum Gasteiger partial charge on any atom is 0.247 e. The normalized spacial score (nSPS) is 19.9. The van der Waals surface area contributed by atoms with Crippen molar-refractivity contribution in [2.24, 2.45) is 11.8 Å². The highest BCUT2D eigenvalue weighted by Gasteiger charge is 2.28. The van der Waals surface area contributed by atoms with Crippen LogP contribution >= 0.6 is 0 Å². The topological polar surface area (TPSA) is 58.2 Å². The molecule has 1 aliphatic carbocycles. The highest BCUT2D eigenvalue weighted by molar-refractivity contribution is 5.97. The van der Waals surface area contributed by atoms with Gasteiger partial charge in [0.25, 0.3) is 0 Å². The molecule has 1 aliphatic rings. The Balaban J connectivity index is 1.71. The van der Waals surface area contributed by atoms with Crippen LogP contribution in [0.25, 0.3) is 0 Å². The smallest absolute Gasteiger partial charge is 0.247 e. The molecule has 4 nitrogen and oxygen atoms in total. The molecule has 29 heavy (non-hydrogen) atoms. The van der Waals surface area contributed by atoms with Crippen LogP contribution < -0.4 is 10.6 Å². The third-order valence-electron chi connectivity index (χ3n) is 5.91. The van der Waals surface area contributed by atoms with Crippen molar-refractivity contribution < 1.29 is 9.59 Å². The molecule has 3 rings (SSSR count). The largest absolute Gasteiger partial charge is 0.344 e. The van der Waals surface area contributed by atoms with Crippen LogP contribution in [0.2, 0.25) is 0 Å². The lowest BCUT2D eigenvalue weighted by molar-refractivity contribution is -0.130. The molecule has 2 aromatic carbocycles. The summed E-state index contributed by atoms with van der Waals surface area (Å²) in [5.41, 5.74) is 2.98. The number of anilines is 1. The second-order valence-electron chi connectivity index (χ2n) is 8.25. The number of rotatable bonds is 7. The summed E-state index contributed by atoms with van der Waals surface area (Å²) in [6.07, 6.45) is 5.37. The van der Waals surface area contributed by atoms with Gasteiger partial charge in [0.2, 0.25) is 11.8 Å². The molecule has 1 fully saturated rings. The van der Waals surface area contributed by atoms with E-state index in [1.807, 2.05) is 54.6 Å². The summed E-state index contributed by atoms with van der Waals surface area (Å²) in [5, 5.41) is 6.05. The fraction of sp³-hybridized carbons (Fsp3) is 0.440. The summed E-state index contributed by atoms with van der Waals surface area (Å²) in [6, 6.07) is 17.1. The van der Waals surface area contributed by atoms with Crippen LogP contribution in [0.4, 0.5) is 5.69 Å². The van der Waals surface area contributed by atoms with Crippen molar-refractivity contribution in [2.45, 2.75) is 58.4 Å². The Morgan fingerprint density at radius 3 is 2.34 bits per heavy atom. The molecule has 0 saturated heterocycles. The van der Waals surface area contributed by atoms with Crippen LogP contribution in [0.1, 0.15) is 50.7 Å². The molecule has 0 heterocycles. The molecule has 2 N–H and O–H groups in total. The molecule has 1 unspecified atom stereocenters. The Hall–Kier alpha value is -2.62. The van der Waals surface area contributed by atoms with Gasteiger partial charge in [-0.1, -0.05) is 56.3 Å². The number of hydrogen-bond donors (Lipinski definition) is 2. The van der Waals surface area contributed by atoms with Gasteiger partial charge in [0, 0.05) is 18.0 Å². The van der Waals surface area contributed by atoms with Crippen LogP contribution in [0.3, 0.4) is 0 Å². The van der Waals surface area contributed by atoms with Crippen molar-refractivity contribution >= 4 is 17.5 Å². The Kier molecular flexibility index (Phi) is 7.45. The minimum absolute atomic E-state index is 0.00953. The van der Waals surface area contributed by atoms with E-state index < -0.39 is 6.04 Å². The Morgan fingerprint density at radius 1 is 0.966 bits per heavy atom. The summed E-state index contributed by atoms with van der Waals surface area (Å²) in [4.78, 5) is 25.9. The summed E-state index contributed by atoms with van der Waals surface area (Å²) in [5.74, 6) is 0.545. The summed E-state index contributed by atoms with van der Waals surface area (Å²) in [6.45, 7) is 4.33. The monoisotopic (exact) mass is 392 g/mol. The van der Waals surface area contributed by atoms with E-state index in [4.69, 9.17) is 0 Å². The molecular weight excluding hydrogens is 360 g/mol. The van der Waals surface area contributed by atoms with Gasteiger partial charge in [-0.15, -0.1) is 0 Å². The third kappa shape index (κ3) is 6.18. The van der Waals surface area contributed by atoms with Crippen LogP contribution in [0.5, 0.6) is 0 Å². The van der Waals surface area contributed by atoms with E-state index in [0.29, 0.717) is 12.3 Å². The van der Waals surface area contributed by atoms with E-state index >= 15 is 0 Å². The van der Waals surface area contributed by atoms with E-state index in [-0.39, 0.29) is 17.7 Å². The van der Waals surface area contributed by atoms with E-state index in [1.54, 1.807) is 0 Å². The van der Waals surface area contributed by atoms with Gasteiger partial charge in [-0.05, 0) is 61.3 Å². The fourth-order valence-corrected chi connectivity index (χ4v) is 3.97. The van der Waals surface area contributed by atoms with Gasteiger partial charge in [-0.25, -0.2) is 0 Å². The number of nitrogens with one attached hydrogen (secondary N) is 2. The standard InChI is InChI=1S/C25H32N2O2/c1-3-19-10-7-11-22(16-19)26-25(29)23(17-20-8-5-4-6-9-20)27-24(28)21-14-12-18(2)13-15-21/h4-11,16,18,21,23H,3,12-15,17H2,1-2H3,(H,26,29)(H,27,28). The van der Waals surface area contributed by atoms with Crippen LogP contribution in [0.15, 0.2) is 54.6 Å². The first-order valence-electron chi connectivity index (χ1n) is 10.8. The quantitative estimate of drug-likeness (QED) is 0.715. The fourth-order valence-electron chi connectivity index (χ4n) is 3.97. The predicted octanol–water partition coefficient (Wildman–Crippen LogP) is 4.74. The predicted molar refractivity (Wildman–Crippen MR) is 118 cm³/mol. The van der Waals surface area contributed by atoms with Crippen molar-refractivity contribution in [3.8, 4) is 0 Å². The highest BCUT2D eigenvalue weighted by Crippen LogP contribution is 2.28. The number of amides is 2. The number of hydrogen-bond acceptors (Lipinski definition) is 2. The average molecular weight is 393 g/mol.